The van der Waals surface area contributed by atoms with Gasteiger partial charge >= 0.3 is 5.97 Å². The van der Waals surface area contributed by atoms with E-state index < -0.39 is 0 Å². The quantitative estimate of drug-likeness (QED) is 0.371. The van der Waals surface area contributed by atoms with Crippen LogP contribution in [-0.4, -0.2) is 5.97 Å². The molecule has 0 spiro atoms. The van der Waals surface area contributed by atoms with Gasteiger partial charge in [-0.2, -0.15) is 0 Å². The van der Waals surface area contributed by atoms with Crippen LogP contribution in [0.5, 0.6) is 5.75 Å². The van der Waals surface area contributed by atoms with E-state index in [1.165, 1.54) is 28.8 Å². The lowest BCUT2D eigenvalue weighted by atomic mass is 9.96. The van der Waals surface area contributed by atoms with E-state index in [2.05, 4.69) is 36.4 Å². The van der Waals surface area contributed by atoms with Gasteiger partial charge in [-0.05, 0) is 51.2 Å². The molecule has 0 fully saturated rings. The number of fused-ring (bicyclic) bond motifs is 5. The number of benzene rings is 3. The van der Waals surface area contributed by atoms with E-state index in [1.807, 2.05) is 18.2 Å². The Balaban J connectivity index is 2.01. The van der Waals surface area contributed by atoms with Crippen molar-refractivity contribution < 1.29 is 9.53 Å². The highest BCUT2D eigenvalue weighted by Crippen LogP contribution is 2.34. The molecule has 2 heteroatoms. The highest BCUT2D eigenvalue weighted by Gasteiger charge is 2.11. The Labute approximate surface area is 122 Å². The number of hydrogen-bond acceptors (Lipinski definition) is 2. The lowest BCUT2D eigenvalue weighted by molar-refractivity contribution is -0.131. The molecule has 3 aromatic rings. The molecule has 0 saturated heterocycles. The van der Waals surface area contributed by atoms with Crippen molar-refractivity contribution in [1.29, 1.82) is 0 Å². The maximum atomic E-state index is 11.1. The van der Waals surface area contributed by atoms with Gasteiger partial charge in [0.25, 0.3) is 0 Å². The molecule has 0 unspecified atom stereocenters. The largest absolute Gasteiger partial charge is 0.427 e. The molecule has 0 amide bonds. The zero-order valence-corrected chi connectivity index (χ0v) is 11.7. The number of allylic oxidation sites excluding steroid dienone is 1. The summed E-state index contributed by atoms with van der Waals surface area (Å²) in [6.07, 6.45) is 5.36. The summed E-state index contributed by atoms with van der Waals surface area (Å²) < 4.78 is 5.21. The summed E-state index contributed by atoms with van der Waals surface area (Å²) in [6.45, 7) is 1.42. The Bertz CT molecular complexity index is 920. The predicted octanol–water partition coefficient (Wildman–Crippen LogP) is 4.49. The van der Waals surface area contributed by atoms with Gasteiger partial charge < -0.3 is 4.74 Å². The molecule has 0 saturated carbocycles. The maximum absolute atomic E-state index is 11.1. The van der Waals surface area contributed by atoms with Crippen molar-refractivity contribution in [3.05, 3.63) is 59.7 Å². The number of hydrogen-bond donors (Lipinski definition) is 0. The summed E-state index contributed by atoms with van der Waals surface area (Å²) in [5.41, 5.74) is 2.69. The zero-order valence-electron chi connectivity index (χ0n) is 11.7. The summed E-state index contributed by atoms with van der Waals surface area (Å²) in [4.78, 5) is 11.1. The minimum Gasteiger partial charge on any atom is -0.427 e. The molecule has 2 nitrogen and oxygen atoms in total. The molecule has 0 aromatic heterocycles. The maximum Gasteiger partial charge on any atom is 0.308 e. The highest BCUT2D eigenvalue weighted by molar-refractivity contribution is 6.10. The standard InChI is InChI=1S/C19H14O2/c1-12(20)21-15-8-5-14-7-9-17-16-4-2-3-13(16)6-10-18(17)19(14)11-15/h2-3,5-11H,4H2,1H3. The zero-order chi connectivity index (χ0) is 14.4. The summed E-state index contributed by atoms with van der Waals surface area (Å²) >= 11 is 0. The third-order valence-corrected chi connectivity index (χ3v) is 4.02. The fourth-order valence-corrected chi connectivity index (χ4v) is 3.11. The molecule has 0 atom stereocenters. The first kappa shape index (κ1) is 12.2. The molecule has 0 bridgehead atoms. The monoisotopic (exact) mass is 274 g/mol. The first-order chi connectivity index (χ1) is 10.2. The molecule has 0 aliphatic heterocycles. The Morgan fingerprint density at radius 3 is 2.67 bits per heavy atom. The van der Waals surface area contributed by atoms with Crippen LogP contribution in [0.1, 0.15) is 18.1 Å². The second-order valence-electron chi connectivity index (χ2n) is 5.38. The van der Waals surface area contributed by atoms with Crippen LogP contribution in [0.3, 0.4) is 0 Å². The van der Waals surface area contributed by atoms with Gasteiger partial charge in [0, 0.05) is 6.92 Å². The lowest BCUT2D eigenvalue weighted by Gasteiger charge is -2.10. The van der Waals surface area contributed by atoms with Gasteiger partial charge in [0.15, 0.2) is 0 Å². The second-order valence-corrected chi connectivity index (χ2v) is 5.38. The minimum absolute atomic E-state index is 0.292. The topological polar surface area (TPSA) is 26.3 Å². The van der Waals surface area contributed by atoms with Crippen LogP contribution in [-0.2, 0) is 11.2 Å². The molecule has 21 heavy (non-hydrogen) atoms. The van der Waals surface area contributed by atoms with Gasteiger partial charge in [-0.3, -0.25) is 4.79 Å². The third-order valence-electron chi connectivity index (χ3n) is 4.02. The minimum atomic E-state index is -0.292. The van der Waals surface area contributed by atoms with E-state index in [0.29, 0.717) is 5.75 Å². The third kappa shape index (κ3) is 1.91. The van der Waals surface area contributed by atoms with E-state index in [0.717, 1.165) is 17.2 Å². The lowest BCUT2D eigenvalue weighted by Crippen LogP contribution is -2.00. The van der Waals surface area contributed by atoms with Crippen molar-refractivity contribution in [2.24, 2.45) is 0 Å². The van der Waals surface area contributed by atoms with Crippen LogP contribution >= 0.6 is 0 Å². The SMILES string of the molecule is CC(=O)Oc1ccc2ccc3c4c(ccc3c2c1)C=CC4. The van der Waals surface area contributed by atoms with E-state index in [4.69, 9.17) is 4.74 Å². The fourth-order valence-electron chi connectivity index (χ4n) is 3.11. The molecule has 0 radical (unpaired) electrons. The van der Waals surface area contributed by atoms with Crippen LogP contribution in [0.25, 0.3) is 27.6 Å². The first-order valence-electron chi connectivity index (χ1n) is 7.06. The van der Waals surface area contributed by atoms with Crippen LogP contribution in [0, 0.1) is 0 Å². The summed E-state index contributed by atoms with van der Waals surface area (Å²) in [6, 6.07) is 14.4. The second kappa shape index (κ2) is 4.45. The summed E-state index contributed by atoms with van der Waals surface area (Å²) in [5, 5.41) is 4.78. The average Bonchev–Trinajstić information content (AvgIpc) is 2.94. The van der Waals surface area contributed by atoms with Crippen LogP contribution in [0.15, 0.2) is 48.5 Å². The number of ether oxygens (including phenoxy) is 1. The van der Waals surface area contributed by atoms with Crippen LogP contribution in [0.4, 0.5) is 0 Å². The van der Waals surface area contributed by atoms with E-state index in [1.54, 1.807) is 0 Å². The molecule has 1 aliphatic carbocycles. The van der Waals surface area contributed by atoms with Gasteiger partial charge in [-0.1, -0.05) is 42.5 Å². The fraction of sp³-hybridized carbons (Fsp3) is 0.105. The Kier molecular flexibility index (Phi) is 2.58. The summed E-state index contributed by atoms with van der Waals surface area (Å²) in [5.74, 6) is 0.306. The Hall–Kier alpha value is -2.61. The molecular weight excluding hydrogens is 260 g/mol. The molecule has 1 aliphatic rings. The Morgan fingerprint density at radius 2 is 1.81 bits per heavy atom. The molecule has 4 rings (SSSR count). The van der Waals surface area contributed by atoms with E-state index in [-0.39, 0.29) is 5.97 Å². The number of rotatable bonds is 1. The summed E-state index contributed by atoms with van der Waals surface area (Å²) in [7, 11) is 0. The Morgan fingerprint density at radius 1 is 1.00 bits per heavy atom. The number of carbonyl (C=O) groups excluding carboxylic acids is 1. The van der Waals surface area contributed by atoms with E-state index in [9.17, 15) is 4.79 Å². The van der Waals surface area contributed by atoms with Gasteiger partial charge in [-0.25, -0.2) is 0 Å². The smallest absolute Gasteiger partial charge is 0.308 e. The van der Waals surface area contributed by atoms with Gasteiger partial charge in [-0.15, -0.1) is 0 Å². The first-order valence-corrected chi connectivity index (χ1v) is 7.06. The molecule has 102 valence electrons. The number of esters is 1. The van der Waals surface area contributed by atoms with Gasteiger partial charge in [0.1, 0.15) is 5.75 Å². The highest BCUT2D eigenvalue weighted by atomic mass is 16.5. The van der Waals surface area contributed by atoms with Crippen molar-refractivity contribution in [1.82, 2.24) is 0 Å². The van der Waals surface area contributed by atoms with Crippen LogP contribution in [0.2, 0.25) is 0 Å². The molecule has 0 N–H and O–H groups in total. The van der Waals surface area contributed by atoms with Crippen LogP contribution < -0.4 is 4.74 Å². The van der Waals surface area contributed by atoms with Crippen molar-refractivity contribution in [2.45, 2.75) is 13.3 Å². The van der Waals surface area contributed by atoms with Crippen molar-refractivity contribution >= 4 is 33.6 Å². The number of carbonyl (C=O) groups is 1. The van der Waals surface area contributed by atoms with Crippen molar-refractivity contribution in [3.63, 3.8) is 0 Å². The molecule has 3 aromatic carbocycles. The van der Waals surface area contributed by atoms with Crippen molar-refractivity contribution in [3.8, 4) is 5.75 Å². The van der Waals surface area contributed by atoms with Crippen molar-refractivity contribution in [2.75, 3.05) is 0 Å². The predicted molar refractivity (Wildman–Crippen MR) is 85.5 cm³/mol. The molecular formula is C19H14O2. The van der Waals surface area contributed by atoms with E-state index >= 15 is 0 Å². The van der Waals surface area contributed by atoms with Gasteiger partial charge in [0.05, 0.1) is 0 Å². The molecule has 0 heterocycles. The normalized spacial score (nSPS) is 12.8. The average molecular weight is 274 g/mol. The van der Waals surface area contributed by atoms with Gasteiger partial charge in [0.2, 0.25) is 0 Å².